The van der Waals surface area contributed by atoms with E-state index in [-0.39, 0.29) is 12.1 Å². The zero-order valence-electron chi connectivity index (χ0n) is 14.1. The summed E-state index contributed by atoms with van der Waals surface area (Å²) in [7, 11) is 0. The van der Waals surface area contributed by atoms with E-state index in [0.29, 0.717) is 5.71 Å². The molecule has 1 aliphatic rings. The Morgan fingerprint density at radius 2 is 1.96 bits per heavy atom. The molecule has 0 spiro atoms. The summed E-state index contributed by atoms with van der Waals surface area (Å²) < 4.78 is 5.47. The number of carbonyl (C=O) groups is 2. The second-order valence-electron chi connectivity index (χ2n) is 5.91. The SMILES string of the molecule is CCc1ccc(C2NC(=O)N=C(C)C2C(=O)OC(C)CC)cc1. The second kappa shape index (κ2) is 7.40. The topological polar surface area (TPSA) is 67.8 Å². The number of hydrogen-bond acceptors (Lipinski definition) is 3. The maximum atomic E-state index is 12.5. The fourth-order valence-corrected chi connectivity index (χ4v) is 2.62. The number of rotatable bonds is 5. The summed E-state index contributed by atoms with van der Waals surface area (Å²) >= 11 is 0. The molecule has 0 radical (unpaired) electrons. The molecule has 1 aliphatic heterocycles. The quantitative estimate of drug-likeness (QED) is 0.846. The molecule has 1 aromatic carbocycles. The van der Waals surface area contributed by atoms with Gasteiger partial charge >= 0.3 is 12.0 Å². The van der Waals surface area contributed by atoms with E-state index in [9.17, 15) is 9.59 Å². The third kappa shape index (κ3) is 3.97. The largest absolute Gasteiger partial charge is 0.462 e. The van der Waals surface area contributed by atoms with Gasteiger partial charge in [0.2, 0.25) is 0 Å². The van der Waals surface area contributed by atoms with Gasteiger partial charge < -0.3 is 10.1 Å². The van der Waals surface area contributed by atoms with E-state index < -0.39 is 18.0 Å². The number of aryl methyl sites for hydroxylation is 1. The van der Waals surface area contributed by atoms with Gasteiger partial charge in [-0.3, -0.25) is 4.79 Å². The third-order valence-electron chi connectivity index (χ3n) is 4.23. The highest BCUT2D eigenvalue weighted by molar-refractivity contribution is 6.08. The summed E-state index contributed by atoms with van der Waals surface area (Å²) in [6.07, 6.45) is 1.53. The minimum absolute atomic E-state index is 0.156. The number of hydrogen-bond donors (Lipinski definition) is 1. The van der Waals surface area contributed by atoms with Crippen molar-refractivity contribution in [2.24, 2.45) is 10.9 Å². The van der Waals surface area contributed by atoms with Crippen LogP contribution in [-0.4, -0.2) is 23.8 Å². The molecule has 0 saturated heterocycles. The first-order chi connectivity index (χ1) is 11.0. The molecule has 1 heterocycles. The van der Waals surface area contributed by atoms with Gasteiger partial charge in [-0.2, -0.15) is 0 Å². The molecule has 0 saturated carbocycles. The van der Waals surface area contributed by atoms with E-state index in [4.69, 9.17) is 4.74 Å². The van der Waals surface area contributed by atoms with Crippen molar-refractivity contribution >= 4 is 17.7 Å². The Bertz CT molecular complexity index is 607. The summed E-state index contributed by atoms with van der Waals surface area (Å²) in [5.41, 5.74) is 2.59. The molecule has 23 heavy (non-hydrogen) atoms. The van der Waals surface area contributed by atoms with Crippen molar-refractivity contribution in [3.63, 3.8) is 0 Å². The van der Waals surface area contributed by atoms with Crippen LogP contribution in [0.3, 0.4) is 0 Å². The van der Waals surface area contributed by atoms with E-state index in [0.717, 1.165) is 18.4 Å². The summed E-state index contributed by atoms with van der Waals surface area (Å²) in [6.45, 7) is 7.61. The van der Waals surface area contributed by atoms with Gasteiger partial charge in [0.25, 0.3) is 0 Å². The predicted octanol–water partition coefficient (Wildman–Crippen LogP) is 3.43. The minimum atomic E-state index is -0.589. The van der Waals surface area contributed by atoms with Crippen molar-refractivity contribution in [2.75, 3.05) is 0 Å². The van der Waals surface area contributed by atoms with Gasteiger partial charge in [-0.05, 0) is 37.8 Å². The highest BCUT2D eigenvalue weighted by atomic mass is 16.5. The first-order valence-electron chi connectivity index (χ1n) is 8.11. The van der Waals surface area contributed by atoms with E-state index in [1.165, 1.54) is 5.56 Å². The smallest absolute Gasteiger partial charge is 0.341 e. The lowest BCUT2D eigenvalue weighted by molar-refractivity contribution is -0.151. The average Bonchev–Trinajstić information content (AvgIpc) is 2.53. The zero-order valence-corrected chi connectivity index (χ0v) is 14.1. The van der Waals surface area contributed by atoms with Gasteiger partial charge in [0.05, 0.1) is 12.1 Å². The Labute approximate surface area is 137 Å². The van der Waals surface area contributed by atoms with Crippen LogP contribution >= 0.6 is 0 Å². The minimum Gasteiger partial charge on any atom is -0.462 e. The highest BCUT2D eigenvalue weighted by Gasteiger charge is 2.38. The fraction of sp³-hybridized carbons (Fsp3) is 0.500. The van der Waals surface area contributed by atoms with Crippen LogP contribution in [0.2, 0.25) is 0 Å². The molecule has 1 N–H and O–H groups in total. The van der Waals surface area contributed by atoms with Crippen LogP contribution in [-0.2, 0) is 16.0 Å². The molecule has 2 rings (SSSR count). The number of carbonyl (C=O) groups excluding carboxylic acids is 2. The van der Waals surface area contributed by atoms with E-state index in [1.54, 1.807) is 6.92 Å². The number of nitrogens with zero attached hydrogens (tertiary/aromatic N) is 1. The van der Waals surface area contributed by atoms with Crippen molar-refractivity contribution in [2.45, 2.75) is 52.7 Å². The van der Waals surface area contributed by atoms with Crippen molar-refractivity contribution < 1.29 is 14.3 Å². The lowest BCUT2D eigenvalue weighted by Crippen LogP contribution is -2.44. The van der Waals surface area contributed by atoms with Crippen LogP contribution in [0.5, 0.6) is 0 Å². The van der Waals surface area contributed by atoms with E-state index in [2.05, 4.69) is 17.2 Å². The summed E-state index contributed by atoms with van der Waals surface area (Å²) in [5, 5.41) is 2.80. The number of amides is 2. The summed E-state index contributed by atoms with van der Waals surface area (Å²) in [6, 6.07) is 7.07. The number of urea groups is 1. The van der Waals surface area contributed by atoms with Gasteiger partial charge in [0.1, 0.15) is 5.92 Å². The highest BCUT2D eigenvalue weighted by Crippen LogP contribution is 2.28. The first kappa shape index (κ1) is 17.2. The lowest BCUT2D eigenvalue weighted by atomic mass is 9.88. The zero-order chi connectivity index (χ0) is 17.0. The number of esters is 1. The van der Waals surface area contributed by atoms with Crippen molar-refractivity contribution in [3.05, 3.63) is 35.4 Å². The van der Waals surface area contributed by atoms with Gasteiger partial charge in [-0.1, -0.05) is 38.1 Å². The molecule has 5 nitrogen and oxygen atoms in total. The molecule has 0 aromatic heterocycles. The maximum absolute atomic E-state index is 12.5. The molecule has 0 bridgehead atoms. The third-order valence-corrected chi connectivity index (χ3v) is 4.23. The monoisotopic (exact) mass is 316 g/mol. The second-order valence-corrected chi connectivity index (χ2v) is 5.91. The molecule has 0 fully saturated rings. The summed E-state index contributed by atoms with van der Waals surface area (Å²) in [5.74, 6) is -0.931. The molecule has 5 heteroatoms. The molecule has 2 amide bonds. The van der Waals surface area contributed by atoms with Gasteiger partial charge in [0, 0.05) is 5.71 Å². The molecule has 3 atom stereocenters. The standard InChI is InChI=1S/C18H24N2O3/c1-5-11(3)23-17(21)15-12(4)19-18(22)20-16(15)14-9-7-13(6-2)8-10-14/h7-11,15-16H,5-6H2,1-4H3,(H,20,22). The Hall–Kier alpha value is -2.17. The van der Waals surface area contributed by atoms with Crippen LogP contribution in [0.15, 0.2) is 29.3 Å². The van der Waals surface area contributed by atoms with Gasteiger partial charge in [-0.25, -0.2) is 9.79 Å². The Kier molecular flexibility index (Phi) is 5.53. The van der Waals surface area contributed by atoms with Crippen LogP contribution in [0.4, 0.5) is 4.79 Å². The molecule has 3 unspecified atom stereocenters. The van der Waals surface area contributed by atoms with E-state index >= 15 is 0 Å². The predicted molar refractivity (Wildman–Crippen MR) is 89.5 cm³/mol. The Morgan fingerprint density at radius 3 is 2.52 bits per heavy atom. The van der Waals surface area contributed by atoms with Crippen LogP contribution in [0.1, 0.15) is 51.3 Å². The molecular weight excluding hydrogens is 292 g/mol. The van der Waals surface area contributed by atoms with Crippen molar-refractivity contribution in [1.82, 2.24) is 5.32 Å². The number of ether oxygens (including phenoxy) is 1. The maximum Gasteiger partial charge on any atom is 0.341 e. The van der Waals surface area contributed by atoms with Crippen LogP contribution < -0.4 is 5.32 Å². The van der Waals surface area contributed by atoms with Crippen LogP contribution in [0.25, 0.3) is 0 Å². The Balaban J connectivity index is 2.31. The van der Waals surface area contributed by atoms with Gasteiger partial charge in [0.15, 0.2) is 0 Å². The van der Waals surface area contributed by atoms with E-state index in [1.807, 2.05) is 38.1 Å². The Morgan fingerprint density at radius 1 is 1.30 bits per heavy atom. The summed E-state index contributed by atoms with van der Waals surface area (Å²) in [4.78, 5) is 28.2. The molecule has 0 aliphatic carbocycles. The van der Waals surface area contributed by atoms with Crippen molar-refractivity contribution in [3.8, 4) is 0 Å². The normalized spacial score (nSPS) is 22.1. The number of aliphatic imine (C=N–C) groups is 1. The molecular formula is C18H24N2O3. The van der Waals surface area contributed by atoms with Crippen molar-refractivity contribution in [1.29, 1.82) is 0 Å². The average molecular weight is 316 g/mol. The fourth-order valence-electron chi connectivity index (χ4n) is 2.62. The number of benzene rings is 1. The molecule has 1 aromatic rings. The molecule has 124 valence electrons. The lowest BCUT2D eigenvalue weighted by Gasteiger charge is -2.30. The first-order valence-corrected chi connectivity index (χ1v) is 8.11. The van der Waals surface area contributed by atoms with Gasteiger partial charge in [-0.15, -0.1) is 0 Å². The number of nitrogens with one attached hydrogen (secondary N) is 1. The van der Waals surface area contributed by atoms with Crippen LogP contribution in [0, 0.1) is 5.92 Å².